The smallest absolute Gasteiger partial charge is 0.0135 e. The third-order valence-corrected chi connectivity index (χ3v) is 4.29. The minimum atomic E-state index is 0.293. The fourth-order valence-electron chi connectivity index (χ4n) is 3.06. The molecule has 0 heteroatoms. The van der Waals surface area contributed by atoms with Gasteiger partial charge in [-0.05, 0) is 63.0 Å². The summed E-state index contributed by atoms with van der Waals surface area (Å²) in [6.45, 7) is 15.1. The highest BCUT2D eigenvalue weighted by atomic mass is 14.2. The van der Waals surface area contributed by atoms with Gasteiger partial charge in [-0.3, -0.25) is 0 Å². The lowest BCUT2D eigenvalue weighted by Gasteiger charge is -2.22. The van der Waals surface area contributed by atoms with Crippen LogP contribution in [0.15, 0.2) is 47.6 Å². The molecular weight excluding hydrogens is 264 g/mol. The maximum absolute atomic E-state index is 2.27. The van der Waals surface area contributed by atoms with Gasteiger partial charge in [0.05, 0.1) is 0 Å². The Labute approximate surface area is 140 Å². The van der Waals surface area contributed by atoms with Gasteiger partial charge in [-0.15, -0.1) is 0 Å². The van der Waals surface area contributed by atoms with Gasteiger partial charge in [0.25, 0.3) is 0 Å². The van der Waals surface area contributed by atoms with Crippen LogP contribution in [0, 0.1) is 11.3 Å². The molecule has 22 heavy (non-hydrogen) atoms. The van der Waals surface area contributed by atoms with Crippen LogP contribution in [0.25, 0.3) is 0 Å². The molecule has 1 aliphatic rings. The number of hydrogen-bond donors (Lipinski definition) is 0. The Hall–Kier alpha value is -1.04. The first kappa shape index (κ1) is 21.0. The summed E-state index contributed by atoms with van der Waals surface area (Å²) in [5.41, 5.74) is 3.24. The Morgan fingerprint density at radius 2 is 1.32 bits per heavy atom. The van der Waals surface area contributed by atoms with E-state index in [1.807, 2.05) is 0 Å². The zero-order valence-corrected chi connectivity index (χ0v) is 16.1. The molecule has 0 aromatic rings. The molecule has 0 N–H and O–H groups in total. The average molecular weight is 303 g/mol. The van der Waals surface area contributed by atoms with Crippen molar-refractivity contribution in [2.24, 2.45) is 11.3 Å². The Bertz CT molecular complexity index is 390. The van der Waals surface area contributed by atoms with E-state index >= 15 is 0 Å². The lowest BCUT2D eigenvalue weighted by molar-refractivity contribution is 0.408. The first-order chi connectivity index (χ1) is 10.4. The van der Waals surface area contributed by atoms with Gasteiger partial charge in [-0.25, -0.2) is 0 Å². The van der Waals surface area contributed by atoms with E-state index in [0.717, 1.165) is 5.92 Å². The van der Waals surface area contributed by atoms with Crippen molar-refractivity contribution in [1.82, 2.24) is 0 Å². The summed E-state index contributed by atoms with van der Waals surface area (Å²) in [5.74, 6) is 0.861. The highest BCUT2D eigenvalue weighted by Gasteiger charge is 2.14. The van der Waals surface area contributed by atoms with Gasteiger partial charge in [-0.2, -0.15) is 0 Å². The number of allylic oxidation sites excluding steroid dienone is 8. The Balaban J connectivity index is 0.000000409. The van der Waals surface area contributed by atoms with Crippen LogP contribution in [-0.4, -0.2) is 0 Å². The van der Waals surface area contributed by atoms with Crippen LogP contribution in [0.3, 0.4) is 0 Å². The van der Waals surface area contributed by atoms with E-state index in [-0.39, 0.29) is 0 Å². The van der Waals surface area contributed by atoms with Crippen molar-refractivity contribution in [2.45, 2.75) is 80.6 Å². The quantitative estimate of drug-likeness (QED) is 0.470. The Morgan fingerprint density at radius 3 is 1.64 bits per heavy atom. The number of hydrogen-bond acceptors (Lipinski definition) is 0. The van der Waals surface area contributed by atoms with Crippen molar-refractivity contribution in [3.63, 3.8) is 0 Å². The summed E-state index contributed by atoms with van der Waals surface area (Å²) in [6, 6.07) is 0. The highest BCUT2D eigenvalue weighted by Crippen LogP contribution is 2.30. The van der Waals surface area contributed by atoms with Crippen LogP contribution < -0.4 is 0 Å². The molecule has 0 spiro atoms. The third kappa shape index (κ3) is 8.41. The van der Waals surface area contributed by atoms with Crippen LogP contribution in [0.2, 0.25) is 0 Å². The second kappa shape index (κ2) is 11.5. The Morgan fingerprint density at radius 1 is 0.773 bits per heavy atom. The average Bonchev–Trinajstić information content (AvgIpc) is 2.50. The molecule has 0 heterocycles. The van der Waals surface area contributed by atoms with Gasteiger partial charge in [0.2, 0.25) is 0 Å². The van der Waals surface area contributed by atoms with Gasteiger partial charge in [0, 0.05) is 0 Å². The van der Waals surface area contributed by atoms with Crippen molar-refractivity contribution in [1.29, 1.82) is 0 Å². The molecule has 0 aromatic carbocycles. The minimum absolute atomic E-state index is 0.293. The van der Waals surface area contributed by atoms with Gasteiger partial charge in [0.1, 0.15) is 0 Å². The summed E-state index contributed by atoms with van der Waals surface area (Å²) in [6.07, 6.45) is 20.2. The zero-order chi connectivity index (χ0) is 17.0. The predicted octanol–water partition coefficient (Wildman–Crippen LogP) is 7.64. The lowest BCUT2D eigenvalue weighted by atomic mass is 9.83. The molecule has 0 radical (unpaired) electrons. The molecule has 0 unspecified atom stereocenters. The van der Waals surface area contributed by atoms with Crippen molar-refractivity contribution < 1.29 is 0 Å². The van der Waals surface area contributed by atoms with E-state index in [4.69, 9.17) is 0 Å². The summed E-state index contributed by atoms with van der Waals surface area (Å²) < 4.78 is 0. The fourth-order valence-corrected chi connectivity index (χ4v) is 3.06. The maximum Gasteiger partial charge on any atom is -0.0135 e. The summed E-state index contributed by atoms with van der Waals surface area (Å²) >= 11 is 0. The van der Waals surface area contributed by atoms with Crippen LogP contribution in [0.4, 0.5) is 0 Å². The molecule has 1 rings (SSSR count). The molecule has 1 saturated carbocycles. The first-order valence-electron chi connectivity index (χ1n) is 8.99. The van der Waals surface area contributed by atoms with E-state index in [9.17, 15) is 0 Å². The molecule has 0 amide bonds. The highest BCUT2D eigenvalue weighted by molar-refractivity contribution is 5.23. The summed E-state index contributed by atoms with van der Waals surface area (Å²) in [7, 11) is 0. The maximum atomic E-state index is 2.27. The molecule has 0 atom stereocenters. The molecule has 1 fully saturated rings. The van der Waals surface area contributed by atoms with Gasteiger partial charge in [0.15, 0.2) is 0 Å². The second-order valence-electron chi connectivity index (χ2n) is 7.12. The fraction of sp³-hybridized carbons (Fsp3) is 0.636. The van der Waals surface area contributed by atoms with Crippen LogP contribution in [-0.2, 0) is 0 Å². The second-order valence-corrected chi connectivity index (χ2v) is 7.12. The van der Waals surface area contributed by atoms with Crippen LogP contribution in [0.5, 0.6) is 0 Å². The first-order valence-corrected chi connectivity index (χ1v) is 8.99. The lowest BCUT2D eigenvalue weighted by Crippen LogP contribution is -2.07. The normalized spacial score (nSPS) is 18.7. The SMILES string of the molecule is C/C=C\C(=C/C)C(C)(C)C.C/C=C\C(=C/C)C1CCCCC1. The minimum Gasteiger partial charge on any atom is -0.0874 e. The van der Waals surface area contributed by atoms with Crippen LogP contribution in [0.1, 0.15) is 80.6 Å². The Kier molecular flexibility index (Phi) is 11.0. The molecule has 0 saturated heterocycles. The van der Waals surface area contributed by atoms with Crippen molar-refractivity contribution in [3.8, 4) is 0 Å². The monoisotopic (exact) mass is 302 g/mol. The van der Waals surface area contributed by atoms with E-state index in [1.54, 1.807) is 5.57 Å². The molecule has 1 aliphatic carbocycles. The summed E-state index contributed by atoms with van der Waals surface area (Å²) in [5, 5.41) is 0. The van der Waals surface area contributed by atoms with Gasteiger partial charge < -0.3 is 0 Å². The molecule has 0 nitrogen and oxygen atoms in total. The van der Waals surface area contributed by atoms with Crippen molar-refractivity contribution >= 4 is 0 Å². The topological polar surface area (TPSA) is 0 Å². The molecular formula is C22H38. The standard InChI is InChI=1S/C12H20.C10H18/c1-3-8-11(4-2)12-9-6-5-7-10-12;1-6-8-9(7-2)10(3,4)5/h3-4,8,12H,5-7,9-10H2,1-2H3;6-8H,1-5H3/b8-3-,11-4+;8-6-,9-7+. The van der Waals surface area contributed by atoms with Crippen LogP contribution >= 0.6 is 0 Å². The van der Waals surface area contributed by atoms with Gasteiger partial charge >= 0.3 is 0 Å². The number of rotatable bonds is 3. The molecule has 126 valence electrons. The van der Waals surface area contributed by atoms with E-state index in [2.05, 4.69) is 84.9 Å². The molecule has 0 aliphatic heterocycles. The zero-order valence-electron chi connectivity index (χ0n) is 16.1. The van der Waals surface area contributed by atoms with E-state index < -0.39 is 0 Å². The largest absolute Gasteiger partial charge is 0.0874 e. The van der Waals surface area contributed by atoms with Gasteiger partial charge in [-0.1, -0.05) is 76.5 Å². The predicted molar refractivity (Wildman–Crippen MR) is 103 cm³/mol. The third-order valence-electron chi connectivity index (χ3n) is 4.29. The van der Waals surface area contributed by atoms with E-state index in [0.29, 0.717) is 5.41 Å². The summed E-state index contributed by atoms with van der Waals surface area (Å²) in [4.78, 5) is 0. The molecule has 0 aromatic heterocycles. The van der Waals surface area contributed by atoms with Crippen molar-refractivity contribution in [2.75, 3.05) is 0 Å². The van der Waals surface area contributed by atoms with Crippen molar-refractivity contribution in [3.05, 3.63) is 47.6 Å². The molecule has 0 bridgehead atoms. The van der Waals surface area contributed by atoms with E-state index in [1.165, 1.54) is 37.7 Å².